The van der Waals surface area contributed by atoms with E-state index in [-0.39, 0.29) is 23.0 Å². The maximum Gasteiger partial charge on any atom is 0.274 e. The molecule has 2 aromatic carbocycles. The molecule has 0 atom stereocenters. The summed E-state index contributed by atoms with van der Waals surface area (Å²) in [5.74, 6) is -0.0221. The molecule has 1 amide bonds. The number of nitrogens with one attached hydrogen (secondary N) is 1. The summed E-state index contributed by atoms with van der Waals surface area (Å²) < 4.78 is 13.0. The van der Waals surface area contributed by atoms with Gasteiger partial charge in [0.25, 0.3) is 11.6 Å². The molecule has 28 heavy (non-hydrogen) atoms. The second-order valence-electron chi connectivity index (χ2n) is 7.23. The number of nitro groups is 1. The van der Waals surface area contributed by atoms with Crippen LogP contribution in [-0.2, 0) is 13.0 Å². The number of hydrogen-bond acceptors (Lipinski definition) is 4. The minimum Gasteiger partial charge on any atom is -0.355 e. The summed E-state index contributed by atoms with van der Waals surface area (Å²) in [5, 5.41) is 13.9. The number of nitro benzene ring substituents is 1. The van der Waals surface area contributed by atoms with Gasteiger partial charge in [-0.05, 0) is 62.0 Å². The van der Waals surface area contributed by atoms with Crippen LogP contribution in [0.3, 0.4) is 0 Å². The van der Waals surface area contributed by atoms with Crippen LogP contribution in [0.2, 0.25) is 0 Å². The Labute approximate surface area is 163 Å². The first-order chi connectivity index (χ1) is 13.5. The van der Waals surface area contributed by atoms with Crippen LogP contribution in [0.25, 0.3) is 0 Å². The van der Waals surface area contributed by atoms with Gasteiger partial charge in [0.05, 0.1) is 4.92 Å². The van der Waals surface area contributed by atoms with Crippen molar-refractivity contribution in [2.75, 3.05) is 20.1 Å². The van der Waals surface area contributed by atoms with Crippen molar-refractivity contribution in [3.63, 3.8) is 0 Å². The van der Waals surface area contributed by atoms with Crippen molar-refractivity contribution in [2.45, 2.75) is 25.8 Å². The third kappa shape index (κ3) is 4.92. The minimum atomic E-state index is -0.428. The monoisotopic (exact) mass is 385 g/mol. The van der Waals surface area contributed by atoms with Crippen LogP contribution >= 0.6 is 0 Å². The molecule has 0 saturated carbocycles. The average Bonchev–Trinajstić information content (AvgIpc) is 2.70. The predicted octanol–water partition coefficient (Wildman–Crippen LogP) is 3.55. The van der Waals surface area contributed by atoms with E-state index in [4.69, 9.17) is 0 Å². The SMILES string of the molecule is CNC(=O)c1ccc(CN2CCC(Cc3ccc(F)cc3)CC2)c([N+](=O)[O-])c1. The first-order valence-corrected chi connectivity index (χ1v) is 9.42. The quantitative estimate of drug-likeness (QED) is 0.610. The van der Waals surface area contributed by atoms with Gasteiger partial charge in [-0.15, -0.1) is 0 Å². The van der Waals surface area contributed by atoms with Crippen molar-refractivity contribution in [3.8, 4) is 0 Å². The predicted molar refractivity (Wildman–Crippen MR) is 105 cm³/mol. The third-order valence-corrected chi connectivity index (χ3v) is 5.31. The van der Waals surface area contributed by atoms with Crippen molar-refractivity contribution in [1.82, 2.24) is 10.2 Å². The molecule has 6 nitrogen and oxygen atoms in total. The number of likely N-dealkylation sites (tertiary alicyclic amines) is 1. The van der Waals surface area contributed by atoms with Crippen molar-refractivity contribution in [2.24, 2.45) is 5.92 Å². The lowest BCUT2D eigenvalue weighted by molar-refractivity contribution is -0.385. The van der Waals surface area contributed by atoms with Crippen LogP contribution in [0.15, 0.2) is 42.5 Å². The molecule has 148 valence electrons. The molecule has 1 N–H and O–H groups in total. The van der Waals surface area contributed by atoms with Gasteiger partial charge >= 0.3 is 0 Å². The van der Waals surface area contributed by atoms with Gasteiger partial charge in [-0.2, -0.15) is 0 Å². The molecule has 1 fully saturated rings. The number of rotatable bonds is 6. The lowest BCUT2D eigenvalue weighted by atomic mass is 9.90. The molecule has 2 aromatic rings. The minimum absolute atomic E-state index is 0.0189. The second kappa shape index (κ2) is 8.93. The highest BCUT2D eigenvalue weighted by molar-refractivity contribution is 5.94. The summed E-state index contributed by atoms with van der Waals surface area (Å²) in [6.45, 7) is 2.22. The number of carbonyl (C=O) groups excluding carboxylic acids is 1. The first kappa shape index (κ1) is 19.9. The Bertz CT molecular complexity index is 846. The highest BCUT2D eigenvalue weighted by atomic mass is 19.1. The van der Waals surface area contributed by atoms with Gasteiger partial charge in [-0.1, -0.05) is 18.2 Å². The maximum absolute atomic E-state index is 13.0. The van der Waals surface area contributed by atoms with Gasteiger partial charge in [0.1, 0.15) is 5.82 Å². The van der Waals surface area contributed by atoms with E-state index in [1.165, 1.54) is 25.2 Å². The molecule has 0 spiro atoms. The fourth-order valence-corrected chi connectivity index (χ4v) is 3.70. The van der Waals surface area contributed by atoms with E-state index in [1.54, 1.807) is 12.1 Å². The fourth-order valence-electron chi connectivity index (χ4n) is 3.70. The molecule has 7 heteroatoms. The summed E-state index contributed by atoms with van der Waals surface area (Å²) in [6, 6.07) is 11.3. The molecule has 0 aliphatic carbocycles. The average molecular weight is 385 g/mol. The summed E-state index contributed by atoms with van der Waals surface area (Å²) in [7, 11) is 1.50. The molecule has 0 aromatic heterocycles. The van der Waals surface area contributed by atoms with E-state index >= 15 is 0 Å². The molecule has 1 heterocycles. The van der Waals surface area contributed by atoms with E-state index in [9.17, 15) is 19.3 Å². The fraction of sp³-hybridized carbons (Fsp3) is 0.381. The second-order valence-corrected chi connectivity index (χ2v) is 7.23. The van der Waals surface area contributed by atoms with Gasteiger partial charge in [-0.25, -0.2) is 4.39 Å². The topological polar surface area (TPSA) is 75.5 Å². The van der Waals surface area contributed by atoms with E-state index < -0.39 is 4.92 Å². The third-order valence-electron chi connectivity index (χ3n) is 5.31. The molecule has 0 bridgehead atoms. The van der Waals surface area contributed by atoms with E-state index in [0.29, 0.717) is 18.0 Å². The highest BCUT2D eigenvalue weighted by Gasteiger charge is 2.23. The molecule has 1 saturated heterocycles. The van der Waals surface area contributed by atoms with Gasteiger partial charge < -0.3 is 5.32 Å². The van der Waals surface area contributed by atoms with Crippen molar-refractivity contribution >= 4 is 11.6 Å². The van der Waals surface area contributed by atoms with Crippen molar-refractivity contribution in [1.29, 1.82) is 0 Å². The van der Waals surface area contributed by atoms with Crippen molar-refractivity contribution < 1.29 is 14.1 Å². The Kier molecular flexibility index (Phi) is 6.36. The molecule has 0 radical (unpaired) electrons. The summed E-state index contributed by atoms with van der Waals surface area (Å²) in [4.78, 5) is 24.9. The molecule has 1 aliphatic rings. The van der Waals surface area contributed by atoms with Gasteiger partial charge in [0, 0.05) is 30.8 Å². The van der Waals surface area contributed by atoms with Crippen LogP contribution in [0.5, 0.6) is 0 Å². The largest absolute Gasteiger partial charge is 0.355 e. The van der Waals surface area contributed by atoms with Crippen LogP contribution in [-0.4, -0.2) is 35.9 Å². The normalized spacial score (nSPS) is 15.4. The van der Waals surface area contributed by atoms with Crippen LogP contribution < -0.4 is 5.32 Å². The molecule has 0 unspecified atom stereocenters. The summed E-state index contributed by atoms with van der Waals surface area (Å²) in [5.41, 5.74) is 2.03. The standard InChI is InChI=1S/C21H24FN3O3/c1-23-21(26)17-4-5-18(20(13-17)25(27)28)14-24-10-8-16(9-11-24)12-15-2-6-19(22)7-3-15/h2-7,13,16H,8-12,14H2,1H3,(H,23,26). The Morgan fingerprint density at radius 2 is 1.89 bits per heavy atom. The zero-order valence-corrected chi connectivity index (χ0v) is 15.9. The Morgan fingerprint density at radius 3 is 2.50 bits per heavy atom. The molecule has 3 rings (SSSR count). The first-order valence-electron chi connectivity index (χ1n) is 9.42. The van der Waals surface area contributed by atoms with Gasteiger partial charge in [0.2, 0.25) is 0 Å². The molecular weight excluding hydrogens is 361 g/mol. The highest BCUT2D eigenvalue weighted by Crippen LogP contribution is 2.26. The maximum atomic E-state index is 13.0. The van der Waals surface area contributed by atoms with Crippen LogP contribution in [0, 0.1) is 21.8 Å². The Hall–Kier alpha value is -2.80. The molecular formula is C21H24FN3O3. The van der Waals surface area contributed by atoms with E-state index in [1.807, 2.05) is 12.1 Å². The smallest absolute Gasteiger partial charge is 0.274 e. The number of carbonyl (C=O) groups is 1. The van der Waals surface area contributed by atoms with Crippen LogP contribution in [0.1, 0.15) is 34.3 Å². The van der Waals surface area contributed by atoms with E-state index in [0.717, 1.165) is 37.9 Å². The zero-order valence-electron chi connectivity index (χ0n) is 15.9. The zero-order chi connectivity index (χ0) is 20.1. The Balaban J connectivity index is 1.60. The van der Waals surface area contributed by atoms with Crippen LogP contribution in [0.4, 0.5) is 10.1 Å². The lowest BCUT2D eigenvalue weighted by Gasteiger charge is -2.32. The van der Waals surface area contributed by atoms with Gasteiger partial charge in [-0.3, -0.25) is 19.8 Å². The number of hydrogen-bond donors (Lipinski definition) is 1. The molecule has 1 aliphatic heterocycles. The van der Waals surface area contributed by atoms with E-state index in [2.05, 4.69) is 10.2 Å². The number of amides is 1. The van der Waals surface area contributed by atoms with Gasteiger partial charge in [0.15, 0.2) is 0 Å². The number of nitrogens with zero attached hydrogens (tertiary/aromatic N) is 2. The summed E-state index contributed by atoms with van der Waals surface area (Å²) in [6.07, 6.45) is 2.93. The number of piperidine rings is 1. The summed E-state index contributed by atoms with van der Waals surface area (Å²) >= 11 is 0. The number of benzene rings is 2. The van der Waals surface area contributed by atoms with Crippen molar-refractivity contribution in [3.05, 3.63) is 75.1 Å². The number of halogens is 1. The lowest BCUT2D eigenvalue weighted by Crippen LogP contribution is -2.34. The Morgan fingerprint density at radius 1 is 1.21 bits per heavy atom.